The van der Waals surface area contributed by atoms with Gasteiger partial charge in [0.1, 0.15) is 0 Å². The highest BCUT2D eigenvalue weighted by Crippen LogP contribution is 2.68. The molecule has 0 aliphatic heterocycles. The Morgan fingerprint density at radius 2 is 0.467 bits per heavy atom. The summed E-state index contributed by atoms with van der Waals surface area (Å²) in [6.07, 6.45) is 0. The fraction of sp³-hybridized carbons (Fsp3) is 0.182. The Morgan fingerprint density at radius 1 is 0.200 bits per heavy atom. The number of nitrogens with zero attached hydrogens (tertiary/aromatic N) is 1. The standard InChI is InChI=1S/C66H57N.C39H35Cl.C27H23N/c1-63(2,3)45-29-36-54-55-37-30-46(64(4,5)6)40-61(55)66(60(54)39-45)58-24-15-13-20-52(58)56-22-16-21-50(62(56)66)44-27-33-48(34-28-44)67(47-31-25-43(26-32-47)42-17-10-9-11-18-42)49-35-38-53-51-19-12-14-23-57(51)65(7,8)59(53)41-49;1-37(2,3)25-16-20-30-31-21-17-26(38(4,5)6)23-35(31)39(34(30)22-25)33-13-8-7-10-29(33)32-12-9-11-28(36(32)39)24-14-18-27(40)19-15-24;1-27(2)25-11-7-6-10-23(25)24-17-16-22(18-26(24)27)28-21-14-12-20(13-15-21)19-8-4-3-5-9-19/h9-41H,1-8H3;7-23H,1-6H3;3-18,28H,1-2H3. The van der Waals surface area contributed by atoms with E-state index in [1.165, 1.54) is 200 Å². The number of hydrogen-bond donors (Lipinski definition) is 1. The minimum Gasteiger partial charge on any atom is -0.356 e. The maximum atomic E-state index is 6.36. The van der Waals surface area contributed by atoms with Gasteiger partial charge in [-0.05, 0) is 295 Å². The number of benzene rings is 18. The molecule has 6 aliphatic carbocycles. The summed E-state index contributed by atoms with van der Waals surface area (Å²) in [7, 11) is 0. The van der Waals surface area contributed by atoms with Crippen molar-refractivity contribution in [3.63, 3.8) is 0 Å². The van der Waals surface area contributed by atoms with E-state index in [2.05, 4.69) is 503 Å². The van der Waals surface area contributed by atoms with E-state index in [9.17, 15) is 0 Å². The lowest BCUT2D eigenvalue weighted by molar-refractivity contribution is 0.586. The average molecular weight is 1760 g/mol. The zero-order valence-electron chi connectivity index (χ0n) is 80.4. The summed E-state index contributed by atoms with van der Waals surface area (Å²) in [5.74, 6) is 0. The van der Waals surface area contributed by atoms with Crippen molar-refractivity contribution in [3.05, 3.63) is 494 Å². The summed E-state index contributed by atoms with van der Waals surface area (Å²) in [5, 5.41) is 4.34. The third-order valence-electron chi connectivity index (χ3n) is 30.4. The van der Waals surface area contributed by atoms with E-state index in [0.717, 1.165) is 33.5 Å². The highest BCUT2D eigenvalue weighted by molar-refractivity contribution is 6.30. The molecule has 0 unspecified atom stereocenters. The van der Waals surface area contributed by atoms with Gasteiger partial charge in [0.25, 0.3) is 0 Å². The molecule has 18 aromatic carbocycles. The predicted octanol–water partition coefficient (Wildman–Crippen LogP) is 36.1. The fourth-order valence-electron chi connectivity index (χ4n) is 23.3. The molecule has 660 valence electrons. The van der Waals surface area contributed by atoms with Gasteiger partial charge in [-0.3, -0.25) is 0 Å². The third-order valence-corrected chi connectivity index (χ3v) is 30.6. The maximum Gasteiger partial charge on any atom is 0.0731 e. The molecule has 0 saturated heterocycles. The first kappa shape index (κ1) is 86.3. The monoisotopic (exact) mass is 1760 g/mol. The van der Waals surface area contributed by atoms with Crippen LogP contribution in [0.4, 0.5) is 28.4 Å². The van der Waals surface area contributed by atoms with Crippen LogP contribution in [0.1, 0.15) is 200 Å². The molecular weight excluding hydrogens is 1650 g/mol. The maximum absolute atomic E-state index is 6.36. The SMILES string of the molecule is CC(C)(C)c1ccc2c(c1)C1(c3cc(C(C)(C)C)ccc3-2)c2ccccc2-c2cccc(-c3ccc(Cl)cc3)c21.CC(C)(C)c1ccc2c(c1)C1(c3cc(C(C)(C)C)ccc3-2)c2ccccc2-c2cccc(-c3ccc(N(c4ccc(-c5ccccc5)cc4)c4ccc5c(c4)C(C)(C)c4ccccc4-5)cc3)c21.CC1(C)c2ccccc2-c2ccc(Nc3ccc(-c4ccccc4)cc3)cc21. The largest absolute Gasteiger partial charge is 0.356 e. The summed E-state index contributed by atoms with van der Waals surface area (Å²) < 4.78 is 0. The Kier molecular flexibility index (Phi) is 20.5. The molecule has 135 heavy (non-hydrogen) atoms. The van der Waals surface area contributed by atoms with Crippen molar-refractivity contribution < 1.29 is 0 Å². The van der Waals surface area contributed by atoms with E-state index >= 15 is 0 Å². The van der Waals surface area contributed by atoms with Gasteiger partial charge in [0.2, 0.25) is 0 Å². The lowest BCUT2D eigenvalue weighted by Gasteiger charge is -2.34. The van der Waals surface area contributed by atoms with Crippen LogP contribution in [0.5, 0.6) is 0 Å². The Balaban J connectivity index is 0.000000131. The molecule has 0 fully saturated rings. The van der Waals surface area contributed by atoms with E-state index < -0.39 is 10.8 Å². The number of halogens is 1. The molecule has 0 amide bonds. The molecular formula is C132H115ClN2. The van der Waals surface area contributed by atoms with Crippen LogP contribution in [-0.4, -0.2) is 0 Å². The van der Waals surface area contributed by atoms with Crippen molar-refractivity contribution in [3.8, 4) is 111 Å². The number of fused-ring (bicyclic) bond motifs is 26. The van der Waals surface area contributed by atoms with E-state index in [1.807, 2.05) is 18.2 Å². The predicted molar refractivity (Wildman–Crippen MR) is 573 cm³/mol. The number of nitrogens with one attached hydrogen (secondary N) is 1. The second-order valence-corrected chi connectivity index (χ2v) is 43.7. The van der Waals surface area contributed by atoms with Crippen molar-refractivity contribution >= 4 is 40.0 Å². The van der Waals surface area contributed by atoms with Crippen molar-refractivity contribution in [2.45, 2.75) is 154 Å². The molecule has 0 saturated carbocycles. The van der Waals surface area contributed by atoms with Crippen molar-refractivity contribution in [2.24, 2.45) is 0 Å². The van der Waals surface area contributed by atoms with Crippen LogP contribution in [0.3, 0.4) is 0 Å². The summed E-state index contributed by atoms with van der Waals surface area (Å²) in [4.78, 5) is 2.44. The summed E-state index contributed by atoms with van der Waals surface area (Å²) >= 11 is 6.36. The van der Waals surface area contributed by atoms with E-state index in [-0.39, 0.29) is 32.5 Å². The summed E-state index contributed by atoms with van der Waals surface area (Å²) in [5.41, 5.74) is 52.7. The first-order chi connectivity index (χ1) is 64.9. The van der Waals surface area contributed by atoms with E-state index in [1.54, 1.807) is 0 Å². The highest BCUT2D eigenvalue weighted by atomic mass is 35.5. The molecule has 0 bridgehead atoms. The van der Waals surface area contributed by atoms with Crippen LogP contribution in [-0.2, 0) is 43.3 Å². The molecule has 2 spiro atoms. The molecule has 6 aliphatic rings. The summed E-state index contributed by atoms with van der Waals surface area (Å²) in [6, 6.07) is 149. The third kappa shape index (κ3) is 14.1. The second kappa shape index (κ2) is 32.0. The Hall–Kier alpha value is -14.2. The average Bonchev–Trinajstić information content (AvgIpc) is 1.50. The van der Waals surface area contributed by atoms with Gasteiger partial charge in [-0.15, -0.1) is 0 Å². The molecule has 18 aromatic rings. The quantitative estimate of drug-likeness (QED) is 0.155. The Labute approximate surface area is 804 Å². The van der Waals surface area contributed by atoms with Crippen LogP contribution < -0.4 is 10.2 Å². The molecule has 2 nitrogen and oxygen atoms in total. The molecule has 3 heteroatoms. The number of rotatable bonds is 9. The molecule has 0 aromatic heterocycles. The lowest BCUT2D eigenvalue weighted by Crippen LogP contribution is -2.28. The van der Waals surface area contributed by atoms with E-state index in [4.69, 9.17) is 11.6 Å². The van der Waals surface area contributed by atoms with Gasteiger partial charge in [0.05, 0.1) is 10.8 Å². The number of hydrogen-bond acceptors (Lipinski definition) is 2. The van der Waals surface area contributed by atoms with Gasteiger partial charge in [0.15, 0.2) is 0 Å². The lowest BCUT2D eigenvalue weighted by atomic mass is 9.67. The Morgan fingerprint density at radius 3 is 0.852 bits per heavy atom. The minimum atomic E-state index is -0.490. The summed E-state index contributed by atoms with van der Waals surface area (Å²) in [6.45, 7) is 37.3. The van der Waals surface area contributed by atoms with E-state index in [0.29, 0.717) is 0 Å². The first-order valence-electron chi connectivity index (χ1n) is 48.2. The van der Waals surface area contributed by atoms with Crippen molar-refractivity contribution in [2.75, 3.05) is 10.2 Å². The number of anilines is 5. The van der Waals surface area contributed by atoms with Crippen LogP contribution in [0, 0.1) is 0 Å². The normalized spacial score (nSPS) is 14.3. The second-order valence-electron chi connectivity index (χ2n) is 43.3. The molecule has 0 radical (unpaired) electrons. The van der Waals surface area contributed by atoms with Gasteiger partial charge in [-0.2, -0.15) is 0 Å². The highest BCUT2D eigenvalue weighted by Gasteiger charge is 2.56. The molecule has 1 N–H and O–H groups in total. The zero-order valence-corrected chi connectivity index (χ0v) is 81.2. The van der Waals surface area contributed by atoms with Crippen molar-refractivity contribution in [1.29, 1.82) is 0 Å². The van der Waals surface area contributed by atoms with Crippen LogP contribution >= 0.6 is 11.6 Å². The van der Waals surface area contributed by atoms with Gasteiger partial charge >= 0.3 is 0 Å². The Bertz CT molecular complexity index is 7620. The van der Waals surface area contributed by atoms with Gasteiger partial charge < -0.3 is 10.2 Å². The fourth-order valence-corrected chi connectivity index (χ4v) is 23.4. The van der Waals surface area contributed by atoms with Gasteiger partial charge in [-0.25, -0.2) is 0 Å². The topological polar surface area (TPSA) is 15.3 Å². The van der Waals surface area contributed by atoms with Gasteiger partial charge in [0, 0.05) is 44.3 Å². The minimum absolute atomic E-state index is 0.00975. The first-order valence-corrected chi connectivity index (χ1v) is 48.6. The van der Waals surface area contributed by atoms with Crippen LogP contribution in [0.2, 0.25) is 5.02 Å². The zero-order chi connectivity index (χ0) is 93.2. The van der Waals surface area contributed by atoms with Gasteiger partial charge in [-0.1, -0.05) is 450 Å². The van der Waals surface area contributed by atoms with Crippen molar-refractivity contribution in [1.82, 2.24) is 0 Å². The van der Waals surface area contributed by atoms with Crippen LogP contribution in [0.25, 0.3) is 111 Å². The molecule has 24 rings (SSSR count). The molecule has 0 atom stereocenters. The smallest absolute Gasteiger partial charge is 0.0731 e. The molecule has 0 heterocycles. The van der Waals surface area contributed by atoms with Crippen LogP contribution in [0.15, 0.2) is 400 Å².